The molecule has 1 atom stereocenters. The standard InChI is InChI=1S/C16H17N5O2S/c22-15(17-8-14-20-18-9-21(14)10-5-6-10)7-13-16(23)19-11-3-1-2-4-12(11)24-13/h1-4,9-10,13H,5-8H2,(H,17,22)(H,19,23)/t13-/m0/s1. The molecule has 1 saturated carbocycles. The summed E-state index contributed by atoms with van der Waals surface area (Å²) < 4.78 is 2.01. The molecule has 0 bridgehead atoms. The van der Waals surface area contributed by atoms with Gasteiger partial charge in [0.2, 0.25) is 11.8 Å². The molecule has 2 aromatic rings. The van der Waals surface area contributed by atoms with E-state index in [0.717, 1.165) is 29.2 Å². The quantitative estimate of drug-likeness (QED) is 0.863. The van der Waals surface area contributed by atoms with Gasteiger partial charge in [0.1, 0.15) is 6.33 Å². The van der Waals surface area contributed by atoms with E-state index < -0.39 is 5.25 Å². The molecule has 4 rings (SSSR count). The highest BCUT2D eigenvalue weighted by atomic mass is 32.2. The third-order valence-electron chi connectivity index (χ3n) is 4.11. The summed E-state index contributed by atoms with van der Waals surface area (Å²) in [6, 6.07) is 8.08. The lowest BCUT2D eigenvalue weighted by atomic mass is 10.2. The molecule has 1 aromatic carbocycles. The molecule has 124 valence electrons. The topological polar surface area (TPSA) is 88.9 Å². The van der Waals surface area contributed by atoms with E-state index in [-0.39, 0.29) is 18.2 Å². The zero-order valence-electron chi connectivity index (χ0n) is 12.9. The predicted octanol–water partition coefficient (Wildman–Crippen LogP) is 1.73. The van der Waals surface area contributed by atoms with Crippen LogP contribution in [-0.2, 0) is 16.1 Å². The maximum atomic E-state index is 12.2. The second-order valence-corrected chi connectivity index (χ2v) is 7.20. The Balaban J connectivity index is 1.34. The highest BCUT2D eigenvalue weighted by molar-refractivity contribution is 8.01. The van der Waals surface area contributed by atoms with Crippen molar-refractivity contribution in [3.05, 3.63) is 36.4 Å². The molecule has 7 nitrogen and oxygen atoms in total. The van der Waals surface area contributed by atoms with Crippen LogP contribution in [-0.4, -0.2) is 31.8 Å². The first-order valence-corrected chi connectivity index (χ1v) is 8.80. The molecule has 2 aliphatic rings. The van der Waals surface area contributed by atoms with Crippen molar-refractivity contribution in [3.63, 3.8) is 0 Å². The van der Waals surface area contributed by atoms with Crippen molar-refractivity contribution in [2.24, 2.45) is 0 Å². The minimum Gasteiger partial charge on any atom is -0.349 e. The molecule has 1 aliphatic carbocycles. The van der Waals surface area contributed by atoms with Gasteiger partial charge in [-0.1, -0.05) is 12.1 Å². The van der Waals surface area contributed by atoms with Gasteiger partial charge in [-0.15, -0.1) is 22.0 Å². The number of rotatable bonds is 5. The Hall–Kier alpha value is -2.35. The van der Waals surface area contributed by atoms with E-state index in [1.54, 1.807) is 6.33 Å². The summed E-state index contributed by atoms with van der Waals surface area (Å²) in [7, 11) is 0. The number of carbonyl (C=O) groups excluding carboxylic acids is 2. The number of thioether (sulfide) groups is 1. The highest BCUT2D eigenvalue weighted by Crippen LogP contribution is 2.37. The average Bonchev–Trinajstić information content (AvgIpc) is 3.32. The summed E-state index contributed by atoms with van der Waals surface area (Å²) in [5, 5.41) is 13.2. The highest BCUT2D eigenvalue weighted by Gasteiger charge is 2.29. The summed E-state index contributed by atoms with van der Waals surface area (Å²) >= 11 is 1.43. The Bertz CT molecular complexity index is 786. The van der Waals surface area contributed by atoms with E-state index in [9.17, 15) is 9.59 Å². The van der Waals surface area contributed by atoms with E-state index in [0.29, 0.717) is 12.6 Å². The molecule has 2 N–H and O–H groups in total. The minimum atomic E-state index is -0.416. The lowest BCUT2D eigenvalue weighted by molar-refractivity contribution is -0.124. The summed E-state index contributed by atoms with van der Waals surface area (Å²) in [6.07, 6.45) is 4.12. The fourth-order valence-electron chi connectivity index (χ4n) is 2.70. The SMILES string of the molecule is O=C(C[C@@H]1Sc2ccccc2NC1=O)NCc1nncn1C1CC1. The first kappa shape index (κ1) is 15.2. The van der Waals surface area contributed by atoms with Crippen molar-refractivity contribution in [1.29, 1.82) is 0 Å². The third kappa shape index (κ3) is 3.14. The van der Waals surface area contributed by atoms with E-state index in [2.05, 4.69) is 20.8 Å². The Labute approximate surface area is 143 Å². The number of anilines is 1. The maximum absolute atomic E-state index is 12.2. The van der Waals surface area contributed by atoms with Gasteiger partial charge in [-0.3, -0.25) is 9.59 Å². The van der Waals surface area contributed by atoms with E-state index in [1.165, 1.54) is 11.8 Å². The van der Waals surface area contributed by atoms with E-state index >= 15 is 0 Å². The number of nitrogens with zero attached hydrogens (tertiary/aromatic N) is 3. The average molecular weight is 343 g/mol. The second-order valence-electron chi connectivity index (χ2n) is 5.96. The first-order chi connectivity index (χ1) is 11.7. The zero-order chi connectivity index (χ0) is 16.5. The van der Waals surface area contributed by atoms with E-state index in [1.807, 2.05) is 28.8 Å². The lowest BCUT2D eigenvalue weighted by Gasteiger charge is -2.23. The Morgan fingerprint density at radius 1 is 1.38 bits per heavy atom. The summed E-state index contributed by atoms with van der Waals surface area (Å²) in [6.45, 7) is 0.338. The summed E-state index contributed by atoms with van der Waals surface area (Å²) in [5.74, 6) is 0.472. The third-order valence-corrected chi connectivity index (χ3v) is 5.38. The number of nitrogens with one attached hydrogen (secondary N) is 2. The number of para-hydroxylation sites is 1. The van der Waals surface area contributed by atoms with Crippen molar-refractivity contribution >= 4 is 29.3 Å². The van der Waals surface area contributed by atoms with Crippen LogP contribution in [0.5, 0.6) is 0 Å². The van der Waals surface area contributed by atoms with Gasteiger partial charge in [-0.25, -0.2) is 0 Å². The number of fused-ring (bicyclic) bond motifs is 1. The Kier molecular flexibility index (Phi) is 3.97. The van der Waals surface area contributed by atoms with Crippen LogP contribution in [0, 0.1) is 0 Å². The first-order valence-electron chi connectivity index (χ1n) is 7.92. The van der Waals surface area contributed by atoms with Gasteiger partial charge < -0.3 is 15.2 Å². The van der Waals surface area contributed by atoms with Crippen LogP contribution in [0.4, 0.5) is 5.69 Å². The van der Waals surface area contributed by atoms with Gasteiger partial charge in [-0.05, 0) is 25.0 Å². The van der Waals surface area contributed by atoms with E-state index in [4.69, 9.17) is 0 Å². The van der Waals surface area contributed by atoms with Crippen molar-refractivity contribution in [3.8, 4) is 0 Å². The van der Waals surface area contributed by atoms with Crippen LogP contribution in [0.1, 0.15) is 31.1 Å². The number of aromatic nitrogens is 3. The molecule has 1 aliphatic heterocycles. The molecule has 0 radical (unpaired) electrons. The molecule has 0 saturated heterocycles. The molecule has 2 heterocycles. The smallest absolute Gasteiger partial charge is 0.238 e. The van der Waals surface area contributed by atoms with Crippen LogP contribution in [0.3, 0.4) is 0 Å². The van der Waals surface area contributed by atoms with Gasteiger partial charge in [0.05, 0.1) is 17.5 Å². The van der Waals surface area contributed by atoms with Crippen LogP contribution < -0.4 is 10.6 Å². The molecule has 1 aromatic heterocycles. The fourth-order valence-corrected chi connectivity index (χ4v) is 3.81. The van der Waals surface area contributed by atoms with Crippen LogP contribution in [0.25, 0.3) is 0 Å². The normalized spacial score (nSPS) is 19.5. The number of carbonyl (C=O) groups is 2. The molecular formula is C16H17N5O2S. The molecule has 1 fully saturated rings. The van der Waals surface area contributed by atoms with Crippen molar-refractivity contribution in [2.75, 3.05) is 5.32 Å². The van der Waals surface area contributed by atoms with Crippen molar-refractivity contribution in [2.45, 2.75) is 42.0 Å². The van der Waals surface area contributed by atoms with Gasteiger partial charge in [-0.2, -0.15) is 0 Å². The summed E-state index contributed by atoms with van der Waals surface area (Å²) in [5.41, 5.74) is 0.807. The second kappa shape index (κ2) is 6.27. The Morgan fingerprint density at radius 3 is 3.04 bits per heavy atom. The van der Waals surface area contributed by atoms with Gasteiger partial charge in [0, 0.05) is 17.4 Å². The molecule has 0 unspecified atom stereocenters. The molecule has 24 heavy (non-hydrogen) atoms. The maximum Gasteiger partial charge on any atom is 0.238 e. The number of amides is 2. The summed E-state index contributed by atoms with van der Waals surface area (Å²) in [4.78, 5) is 25.3. The van der Waals surface area contributed by atoms with Crippen LogP contribution in [0.2, 0.25) is 0 Å². The molecule has 2 amide bonds. The minimum absolute atomic E-state index is 0.130. The zero-order valence-corrected chi connectivity index (χ0v) is 13.8. The monoisotopic (exact) mass is 343 g/mol. The Morgan fingerprint density at radius 2 is 2.21 bits per heavy atom. The lowest BCUT2D eigenvalue weighted by Crippen LogP contribution is -2.35. The van der Waals surface area contributed by atoms with Crippen molar-refractivity contribution in [1.82, 2.24) is 20.1 Å². The predicted molar refractivity (Wildman–Crippen MR) is 89.5 cm³/mol. The van der Waals surface area contributed by atoms with Crippen LogP contribution >= 0.6 is 11.8 Å². The van der Waals surface area contributed by atoms with Crippen molar-refractivity contribution < 1.29 is 9.59 Å². The van der Waals surface area contributed by atoms with Gasteiger partial charge in [0.25, 0.3) is 0 Å². The fraction of sp³-hybridized carbons (Fsp3) is 0.375. The largest absolute Gasteiger partial charge is 0.349 e. The number of hydrogen-bond donors (Lipinski definition) is 2. The van der Waals surface area contributed by atoms with Crippen LogP contribution in [0.15, 0.2) is 35.5 Å². The number of hydrogen-bond acceptors (Lipinski definition) is 5. The molecule has 0 spiro atoms. The molecular weight excluding hydrogens is 326 g/mol. The number of benzene rings is 1. The molecule has 8 heteroatoms. The van der Waals surface area contributed by atoms with Gasteiger partial charge >= 0.3 is 0 Å². The van der Waals surface area contributed by atoms with Gasteiger partial charge in [0.15, 0.2) is 5.82 Å².